The van der Waals surface area contributed by atoms with E-state index in [1.165, 1.54) is 37.7 Å². The molecule has 0 amide bonds. The highest BCUT2D eigenvalue weighted by molar-refractivity contribution is 5.51. The topological polar surface area (TPSA) is 0 Å². The number of benzene rings is 2. The average molecular weight is 358 g/mol. The molecule has 0 aromatic heterocycles. The minimum atomic E-state index is -1.47. The molecular formula is C23H25F3. The van der Waals surface area contributed by atoms with Crippen molar-refractivity contribution in [1.82, 2.24) is 0 Å². The second-order valence-corrected chi connectivity index (χ2v) is 6.77. The van der Waals surface area contributed by atoms with Crippen molar-refractivity contribution in [2.24, 2.45) is 0 Å². The van der Waals surface area contributed by atoms with Crippen LogP contribution in [0.4, 0.5) is 13.2 Å². The molecule has 138 valence electrons. The Labute approximate surface area is 154 Å². The van der Waals surface area contributed by atoms with Crippen molar-refractivity contribution >= 4 is 0 Å². The molecule has 2 aromatic carbocycles. The number of hydrogen-bond donors (Lipinski definition) is 0. The first kappa shape index (κ1) is 20.1. The highest BCUT2D eigenvalue weighted by Crippen LogP contribution is 2.19. The monoisotopic (exact) mass is 358 g/mol. The molecule has 0 saturated carbocycles. The van der Waals surface area contributed by atoms with Gasteiger partial charge in [0.2, 0.25) is 0 Å². The Hall–Kier alpha value is -2.21. The van der Waals surface area contributed by atoms with Gasteiger partial charge in [0, 0.05) is 11.1 Å². The van der Waals surface area contributed by atoms with Gasteiger partial charge in [0.1, 0.15) is 0 Å². The van der Waals surface area contributed by atoms with Gasteiger partial charge in [-0.1, -0.05) is 56.6 Å². The highest BCUT2D eigenvalue weighted by atomic mass is 19.2. The van der Waals surface area contributed by atoms with Crippen LogP contribution in [-0.2, 0) is 6.42 Å². The fourth-order valence-corrected chi connectivity index (χ4v) is 3.09. The molecule has 3 heteroatoms. The van der Waals surface area contributed by atoms with Crippen molar-refractivity contribution in [3.8, 4) is 11.8 Å². The Bertz CT molecular complexity index is 779. The number of aryl methyl sites for hydroxylation is 3. The molecule has 0 aliphatic rings. The van der Waals surface area contributed by atoms with Gasteiger partial charge in [0.05, 0.1) is 0 Å². The molecule has 0 nitrogen and oxygen atoms in total. The number of halogens is 3. The van der Waals surface area contributed by atoms with Crippen LogP contribution < -0.4 is 0 Å². The van der Waals surface area contributed by atoms with Gasteiger partial charge in [-0.2, -0.15) is 0 Å². The molecule has 0 spiro atoms. The Morgan fingerprint density at radius 2 is 1.35 bits per heavy atom. The van der Waals surface area contributed by atoms with E-state index in [0.29, 0.717) is 0 Å². The maximum absolute atomic E-state index is 13.3. The van der Waals surface area contributed by atoms with Gasteiger partial charge in [0.15, 0.2) is 17.5 Å². The molecular weight excluding hydrogens is 333 g/mol. The molecule has 0 N–H and O–H groups in total. The average Bonchev–Trinajstić information content (AvgIpc) is 2.58. The van der Waals surface area contributed by atoms with Crippen molar-refractivity contribution < 1.29 is 13.2 Å². The predicted molar refractivity (Wildman–Crippen MR) is 101 cm³/mol. The van der Waals surface area contributed by atoms with Gasteiger partial charge in [-0.25, -0.2) is 13.2 Å². The zero-order chi connectivity index (χ0) is 19.1. The molecule has 0 saturated heterocycles. The first-order chi connectivity index (χ1) is 12.4. The molecule has 0 bridgehead atoms. The van der Waals surface area contributed by atoms with Crippen LogP contribution in [0, 0.1) is 43.1 Å². The van der Waals surface area contributed by atoms with E-state index in [2.05, 4.69) is 30.9 Å². The standard InChI is InChI=1S/C23H25F3/c1-4-5-6-7-8-9-18-12-16(2)20(17(3)13-18)11-10-19-14-21(24)23(26)22(25)15-19/h12-15H,4-9H2,1-3H3. The van der Waals surface area contributed by atoms with Crippen LogP contribution in [0.5, 0.6) is 0 Å². The fraction of sp³-hybridized carbons (Fsp3) is 0.391. The van der Waals surface area contributed by atoms with Crippen LogP contribution >= 0.6 is 0 Å². The zero-order valence-electron chi connectivity index (χ0n) is 15.7. The van der Waals surface area contributed by atoms with Gasteiger partial charge < -0.3 is 0 Å². The van der Waals surface area contributed by atoms with E-state index in [1.807, 2.05) is 13.8 Å². The molecule has 0 heterocycles. The van der Waals surface area contributed by atoms with Crippen molar-refractivity contribution in [2.45, 2.75) is 59.3 Å². The second-order valence-electron chi connectivity index (χ2n) is 6.77. The number of unbranched alkanes of at least 4 members (excludes halogenated alkanes) is 4. The van der Waals surface area contributed by atoms with E-state index in [1.54, 1.807) is 0 Å². The third-order valence-electron chi connectivity index (χ3n) is 4.48. The Balaban J connectivity index is 2.14. The van der Waals surface area contributed by atoms with E-state index in [9.17, 15) is 13.2 Å². The van der Waals surface area contributed by atoms with Crippen LogP contribution in [0.25, 0.3) is 0 Å². The van der Waals surface area contributed by atoms with Crippen LogP contribution in [0.2, 0.25) is 0 Å². The van der Waals surface area contributed by atoms with E-state index in [-0.39, 0.29) is 5.56 Å². The SMILES string of the molecule is CCCCCCCc1cc(C)c(C#Cc2cc(F)c(F)c(F)c2)c(C)c1. The molecule has 0 radical (unpaired) electrons. The summed E-state index contributed by atoms with van der Waals surface area (Å²) in [6.45, 7) is 6.19. The molecule has 0 aliphatic heterocycles. The van der Waals surface area contributed by atoms with E-state index in [0.717, 1.165) is 35.2 Å². The molecule has 0 unspecified atom stereocenters. The van der Waals surface area contributed by atoms with Gasteiger partial charge >= 0.3 is 0 Å². The third-order valence-corrected chi connectivity index (χ3v) is 4.48. The number of hydrogen-bond acceptors (Lipinski definition) is 0. The van der Waals surface area contributed by atoms with Crippen molar-refractivity contribution in [3.63, 3.8) is 0 Å². The lowest BCUT2D eigenvalue weighted by Crippen LogP contribution is -1.95. The molecule has 0 fully saturated rings. The summed E-state index contributed by atoms with van der Waals surface area (Å²) in [7, 11) is 0. The van der Waals surface area contributed by atoms with Crippen molar-refractivity contribution in [2.75, 3.05) is 0 Å². The van der Waals surface area contributed by atoms with Crippen molar-refractivity contribution in [1.29, 1.82) is 0 Å². The molecule has 2 rings (SSSR count). The van der Waals surface area contributed by atoms with Gasteiger partial charge in [-0.05, 0) is 55.5 Å². The summed E-state index contributed by atoms with van der Waals surface area (Å²) in [6, 6.07) is 6.09. The smallest absolute Gasteiger partial charge is 0.194 e. The summed E-state index contributed by atoms with van der Waals surface area (Å²) in [6.07, 6.45) is 7.29. The summed E-state index contributed by atoms with van der Waals surface area (Å²) in [4.78, 5) is 0. The normalized spacial score (nSPS) is 10.5. The Kier molecular flexibility index (Phi) is 7.33. The molecule has 0 aliphatic carbocycles. The van der Waals surface area contributed by atoms with Crippen LogP contribution in [0.3, 0.4) is 0 Å². The lowest BCUT2D eigenvalue weighted by molar-refractivity contribution is 0.446. The lowest BCUT2D eigenvalue weighted by atomic mass is 9.96. The quantitative estimate of drug-likeness (QED) is 0.309. The van der Waals surface area contributed by atoms with E-state index in [4.69, 9.17) is 0 Å². The predicted octanol–water partition coefficient (Wildman–Crippen LogP) is 6.63. The summed E-state index contributed by atoms with van der Waals surface area (Å²) in [5.74, 6) is 1.81. The van der Waals surface area contributed by atoms with Gasteiger partial charge in [-0.3, -0.25) is 0 Å². The van der Waals surface area contributed by atoms with E-state index < -0.39 is 17.5 Å². The molecule has 2 aromatic rings. The number of rotatable bonds is 6. The maximum Gasteiger partial charge on any atom is 0.194 e. The maximum atomic E-state index is 13.3. The minimum Gasteiger partial charge on any atom is -0.204 e. The first-order valence-corrected chi connectivity index (χ1v) is 9.19. The van der Waals surface area contributed by atoms with Crippen LogP contribution in [0.1, 0.15) is 66.8 Å². The first-order valence-electron chi connectivity index (χ1n) is 9.19. The molecule has 0 atom stereocenters. The lowest BCUT2D eigenvalue weighted by Gasteiger charge is -2.08. The Morgan fingerprint density at radius 1 is 0.769 bits per heavy atom. The summed E-state index contributed by atoms with van der Waals surface area (Å²) in [5.41, 5.74) is 4.36. The second kappa shape index (κ2) is 9.48. The van der Waals surface area contributed by atoms with Crippen molar-refractivity contribution in [3.05, 3.63) is 69.5 Å². The Morgan fingerprint density at radius 3 is 1.92 bits per heavy atom. The van der Waals surface area contributed by atoms with Crippen LogP contribution in [0.15, 0.2) is 24.3 Å². The zero-order valence-corrected chi connectivity index (χ0v) is 15.7. The fourth-order valence-electron chi connectivity index (χ4n) is 3.09. The van der Waals surface area contributed by atoms with Crippen LogP contribution in [-0.4, -0.2) is 0 Å². The van der Waals surface area contributed by atoms with Gasteiger partial charge in [-0.15, -0.1) is 0 Å². The van der Waals surface area contributed by atoms with E-state index >= 15 is 0 Å². The largest absolute Gasteiger partial charge is 0.204 e. The highest BCUT2D eigenvalue weighted by Gasteiger charge is 2.09. The molecule has 26 heavy (non-hydrogen) atoms. The summed E-state index contributed by atoms with van der Waals surface area (Å²) in [5, 5.41) is 0. The van der Waals surface area contributed by atoms with Gasteiger partial charge in [0.25, 0.3) is 0 Å². The summed E-state index contributed by atoms with van der Waals surface area (Å²) >= 11 is 0. The summed E-state index contributed by atoms with van der Waals surface area (Å²) < 4.78 is 39.6. The third kappa shape index (κ3) is 5.39. The minimum absolute atomic E-state index is 0.125.